The summed E-state index contributed by atoms with van der Waals surface area (Å²) < 4.78 is 3.96. The van der Waals surface area contributed by atoms with Crippen molar-refractivity contribution in [3.63, 3.8) is 0 Å². The molecule has 2 aromatic heterocycles. The van der Waals surface area contributed by atoms with Crippen LogP contribution < -0.4 is 5.32 Å². The van der Waals surface area contributed by atoms with Gasteiger partial charge in [-0.25, -0.2) is 4.98 Å². The molecule has 0 fully saturated rings. The largest absolute Gasteiger partial charge is 0.312 e. The summed E-state index contributed by atoms with van der Waals surface area (Å²) >= 11 is 0. The predicted octanol–water partition coefficient (Wildman–Crippen LogP) is 2.55. The van der Waals surface area contributed by atoms with Gasteiger partial charge in [0.15, 0.2) is 0 Å². The molecule has 2 heterocycles. The third-order valence-corrected chi connectivity index (χ3v) is 4.28. The van der Waals surface area contributed by atoms with Crippen molar-refractivity contribution in [2.24, 2.45) is 7.05 Å². The van der Waals surface area contributed by atoms with Crippen LogP contribution in [-0.4, -0.2) is 25.9 Å². The molecule has 0 aliphatic carbocycles. The van der Waals surface area contributed by atoms with Crippen LogP contribution >= 0.6 is 0 Å². The molecule has 5 heteroatoms. The highest BCUT2D eigenvalue weighted by molar-refractivity contribution is 5.34. The van der Waals surface area contributed by atoms with Crippen LogP contribution in [0.4, 0.5) is 0 Å². The number of rotatable bonds is 6. The molecule has 0 saturated heterocycles. The van der Waals surface area contributed by atoms with Gasteiger partial charge in [-0.1, -0.05) is 12.1 Å². The van der Waals surface area contributed by atoms with Gasteiger partial charge in [0.2, 0.25) is 0 Å². The molecule has 0 unspecified atom stereocenters. The van der Waals surface area contributed by atoms with Gasteiger partial charge in [-0.15, -0.1) is 0 Å². The summed E-state index contributed by atoms with van der Waals surface area (Å²) in [6.07, 6.45) is 6.56. The number of imidazole rings is 1. The van der Waals surface area contributed by atoms with E-state index >= 15 is 0 Å². The second kappa shape index (κ2) is 6.79. The van der Waals surface area contributed by atoms with Crippen molar-refractivity contribution in [2.45, 2.75) is 26.8 Å². The van der Waals surface area contributed by atoms with Crippen molar-refractivity contribution in [1.82, 2.24) is 24.6 Å². The van der Waals surface area contributed by atoms with Crippen LogP contribution in [0.2, 0.25) is 0 Å². The van der Waals surface area contributed by atoms with Gasteiger partial charge >= 0.3 is 0 Å². The number of hydrogen-bond acceptors (Lipinski definition) is 3. The fourth-order valence-corrected chi connectivity index (χ4v) is 2.82. The molecule has 0 amide bonds. The van der Waals surface area contributed by atoms with E-state index < -0.39 is 0 Å². The van der Waals surface area contributed by atoms with Gasteiger partial charge in [0.05, 0.1) is 12.0 Å². The smallest absolute Gasteiger partial charge is 0.0991 e. The number of benzene rings is 1. The third-order valence-electron chi connectivity index (χ3n) is 4.28. The fourth-order valence-electron chi connectivity index (χ4n) is 2.82. The van der Waals surface area contributed by atoms with Gasteiger partial charge in [0.1, 0.15) is 0 Å². The molecule has 5 nitrogen and oxygen atoms in total. The monoisotopic (exact) mass is 309 g/mol. The lowest BCUT2D eigenvalue weighted by atomic mass is 10.1. The van der Waals surface area contributed by atoms with E-state index in [0.29, 0.717) is 0 Å². The maximum absolute atomic E-state index is 4.46. The summed E-state index contributed by atoms with van der Waals surface area (Å²) in [4.78, 5) is 4.07. The summed E-state index contributed by atoms with van der Waals surface area (Å²) in [5.41, 5.74) is 6.17. The highest BCUT2D eigenvalue weighted by atomic mass is 15.3. The van der Waals surface area contributed by atoms with E-state index in [9.17, 15) is 0 Å². The number of hydrogen-bond donors (Lipinski definition) is 1. The number of nitrogens with one attached hydrogen (secondary N) is 1. The number of aromatic nitrogens is 4. The fraction of sp³-hybridized carbons (Fsp3) is 0.333. The molecule has 0 atom stereocenters. The van der Waals surface area contributed by atoms with E-state index in [4.69, 9.17) is 0 Å². The van der Waals surface area contributed by atoms with Crippen LogP contribution in [-0.2, 0) is 20.0 Å². The summed E-state index contributed by atoms with van der Waals surface area (Å²) in [5, 5.41) is 7.97. The summed E-state index contributed by atoms with van der Waals surface area (Å²) in [6.45, 7) is 6.04. The van der Waals surface area contributed by atoms with E-state index in [1.807, 2.05) is 28.8 Å². The summed E-state index contributed by atoms with van der Waals surface area (Å²) in [6, 6.07) is 8.55. The Morgan fingerprint density at radius 2 is 1.91 bits per heavy atom. The first-order valence-corrected chi connectivity index (χ1v) is 7.92. The molecule has 0 radical (unpaired) electrons. The lowest BCUT2D eigenvalue weighted by Crippen LogP contribution is -2.17. The molecule has 3 aromatic rings. The minimum atomic E-state index is 0.878. The number of nitrogens with zero attached hydrogens (tertiary/aromatic N) is 4. The first kappa shape index (κ1) is 15.5. The zero-order valence-corrected chi connectivity index (χ0v) is 14.0. The lowest BCUT2D eigenvalue weighted by Gasteiger charge is -2.07. The van der Waals surface area contributed by atoms with Crippen molar-refractivity contribution >= 4 is 0 Å². The first-order valence-electron chi connectivity index (χ1n) is 7.92. The molecule has 0 spiro atoms. The van der Waals surface area contributed by atoms with Crippen LogP contribution in [0.1, 0.15) is 22.5 Å². The molecule has 0 bridgehead atoms. The molecule has 0 saturated carbocycles. The SMILES string of the molecule is Cc1nn(C)c(C)c1CCNCc1ccc(-n2ccnc2)cc1. The Labute approximate surface area is 137 Å². The van der Waals surface area contributed by atoms with E-state index in [0.717, 1.165) is 30.9 Å². The van der Waals surface area contributed by atoms with Crippen LogP contribution in [0.5, 0.6) is 0 Å². The minimum Gasteiger partial charge on any atom is -0.312 e. The highest BCUT2D eigenvalue weighted by Gasteiger charge is 2.08. The molecule has 120 valence electrons. The molecule has 0 aliphatic rings. The van der Waals surface area contributed by atoms with Gasteiger partial charge < -0.3 is 9.88 Å². The van der Waals surface area contributed by atoms with Gasteiger partial charge in [0.25, 0.3) is 0 Å². The van der Waals surface area contributed by atoms with E-state index in [2.05, 4.69) is 53.5 Å². The Balaban J connectivity index is 1.51. The van der Waals surface area contributed by atoms with E-state index in [1.54, 1.807) is 6.20 Å². The zero-order chi connectivity index (χ0) is 16.2. The highest BCUT2D eigenvalue weighted by Crippen LogP contribution is 2.12. The van der Waals surface area contributed by atoms with Gasteiger partial charge in [-0.2, -0.15) is 5.10 Å². The molecular weight excluding hydrogens is 286 g/mol. The van der Waals surface area contributed by atoms with Gasteiger partial charge in [0, 0.05) is 37.4 Å². The quantitative estimate of drug-likeness (QED) is 0.712. The Morgan fingerprint density at radius 1 is 1.13 bits per heavy atom. The lowest BCUT2D eigenvalue weighted by molar-refractivity contribution is 0.682. The maximum Gasteiger partial charge on any atom is 0.0991 e. The van der Waals surface area contributed by atoms with Crippen molar-refractivity contribution in [3.05, 3.63) is 65.5 Å². The standard InChI is InChI=1S/C18H23N5/c1-14-18(15(2)22(3)21-14)8-9-19-12-16-4-6-17(7-5-16)23-11-10-20-13-23/h4-7,10-11,13,19H,8-9,12H2,1-3H3. The second-order valence-electron chi connectivity index (χ2n) is 5.84. The Morgan fingerprint density at radius 3 is 2.52 bits per heavy atom. The third kappa shape index (κ3) is 3.51. The zero-order valence-electron chi connectivity index (χ0n) is 14.0. The topological polar surface area (TPSA) is 47.7 Å². The van der Waals surface area contributed by atoms with Crippen molar-refractivity contribution in [1.29, 1.82) is 0 Å². The maximum atomic E-state index is 4.46. The van der Waals surface area contributed by atoms with Crippen molar-refractivity contribution in [2.75, 3.05) is 6.54 Å². The molecule has 1 aromatic carbocycles. The molecule has 0 aliphatic heterocycles. The van der Waals surface area contributed by atoms with Crippen LogP contribution in [0, 0.1) is 13.8 Å². The molecular formula is C18H23N5. The van der Waals surface area contributed by atoms with Crippen LogP contribution in [0.15, 0.2) is 43.0 Å². The summed E-state index contributed by atoms with van der Waals surface area (Å²) in [7, 11) is 2.00. The normalized spacial score (nSPS) is 11.1. The second-order valence-corrected chi connectivity index (χ2v) is 5.84. The minimum absolute atomic E-state index is 0.878. The van der Waals surface area contributed by atoms with Crippen molar-refractivity contribution in [3.8, 4) is 5.69 Å². The molecule has 3 rings (SSSR count). The molecule has 23 heavy (non-hydrogen) atoms. The first-order chi connectivity index (χ1) is 11.1. The van der Waals surface area contributed by atoms with E-state index in [1.165, 1.54) is 16.8 Å². The Kier molecular flexibility index (Phi) is 4.57. The Bertz CT molecular complexity index is 754. The van der Waals surface area contributed by atoms with Gasteiger partial charge in [-0.05, 0) is 50.1 Å². The Hall–Kier alpha value is -2.40. The van der Waals surface area contributed by atoms with E-state index in [-0.39, 0.29) is 0 Å². The van der Waals surface area contributed by atoms with Crippen molar-refractivity contribution < 1.29 is 0 Å². The molecule has 1 N–H and O–H groups in total. The number of aryl methyl sites for hydroxylation is 2. The summed E-state index contributed by atoms with van der Waals surface area (Å²) in [5.74, 6) is 0. The average molecular weight is 309 g/mol. The van der Waals surface area contributed by atoms with Gasteiger partial charge in [-0.3, -0.25) is 4.68 Å². The van der Waals surface area contributed by atoms with Crippen LogP contribution in [0.25, 0.3) is 5.69 Å². The van der Waals surface area contributed by atoms with Crippen LogP contribution in [0.3, 0.4) is 0 Å². The predicted molar refractivity (Wildman–Crippen MR) is 91.7 cm³/mol. The average Bonchev–Trinajstić information content (AvgIpc) is 3.16.